The second-order valence-corrected chi connectivity index (χ2v) is 5.29. The van der Waals surface area contributed by atoms with Gasteiger partial charge in [0.15, 0.2) is 0 Å². The predicted octanol–water partition coefficient (Wildman–Crippen LogP) is 1.26. The van der Waals surface area contributed by atoms with E-state index in [-0.39, 0.29) is 5.91 Å². The molecule has 0 unspecified atom stereocenters. The van der Waals surface area contributed by atoms with Gasteiger partial charge in [0.05, 0.1) is 23.6 Å². The summed E-state index contributed by atoms with van der Waals surface area (Å²) in [6.45, 7) is 0.375. The molecule has 0 aliphatic heterocycles. The Kier molecular flexibility index (Phi) is 4.81. The highest BCUT2D eigenvalue weighted by Crippen LogP contribution is 2.09. The van der Waals surface area contributed by atoms with Crippen LogP contribution < -0.4 is 11.1 Å². The third-order valence-electron chi connectivity index (χ3n) is 2.84. The number of fused-ring (bicyclic) bond motifs is 1. The standard InChI is InChI=1S/C13H18N4OS/c1-19-7-6-9(14)13(18)15-8-12-16-10-4-2-3-5-11(10)17-12/h2-5,9H,6-8,14H2,1H3,(H,15,18)(H,16,17)/t9-/m0/s1. The number of aromatic nitrogens is 2. The number of nitrogens with one attached hydrogen (secondary N) is 2. The molecule has 2 rings (SSSR count). The molecule has 102 valence electrons. The minimum absolute atomic E-state index is 0.130. The van der Waals surface area contributed by atoms with Crippen molar-refractivity contribution in [2.75, 3.05) is 12.0 Å². The molecule has 4 N–H and O–H groups in total. The summed E-state index contributed by atoms with van der Waals surface area (Å²) in [7, 11) is 0. The van der Waals surface area contributed by atoms with Gasteiger partial charge in [-0.2, -0.15) is 11.8 Å². The summed E-state index contributed by atoms with van der Waals surface area (Å²) < 4.78 is 0. The second kappa shape index (κ2) is 6.58. The molecule has 6 heteroatoms. The minimum atomic E-state index is -0.447. The molecule has 0 aliphatic rings. The molecule has 0 aliphatic carbocycles. The molecule has 1 atom stereocenters. The molecule has 0 radical (unpaired) electrons. The molecule has 0 saturated heterocycles. The van der Waals surface area contributed by atoms with E-state index in [0.29, 0.717) is 13.0 Å². The fourth-order valence-corrected chi connectivity index (χ4v) is 2.26. The van der Waals surface area contributed by atoms with Crippen LogP contribution in [0.15, 0.2) is 24.3 Å². The van der Waals surface area contributed by atoms with Gasteiger partial charge < -0.3 is 16.0 Å². The molecular weight excluding hydrogens is 260 g/mol. The van der Waals surface area contributed by atoms with Crippen LogP contribution in [0.4, 0.5) is 0 Å². The van der Waals surface area contributed by atoms with Crippen molar-refractivity contribution in [3.63, 3.8) is 0 Å². The van der Waals surface area contributed by atoms with Crippen molar-refractivity contribution in [3.05, 3.63) is 30.1 Å². The number of aromatic amines is 1. The number of carbonyl (C=O) groups excluding carboxylic acids is 1. The zero-order chi connectivity index (χ0) is 13.7. The van der Waals surface area contributed by atoms with E-state index >= 15 is 0 Å². The van der Waals surface area contributed by atoms with Crippen molar-refractivity contribution in [3.8, 4) is 0 Å². The van der Waals surface area contributed by atoms with Crippen LogP contribution in [0.1, 0.15) is 12.2 Å². The first-order chi connectivity index (χ1) is 9.20. The summed E-state index contributed by atoms with van der Waals surface area (Å²) in [6, 6.07) is 7.32. The van der Waals surface area contributed by atoms with E-state index in [0.717, 1.165) is 22.6 Å². The Morgan fingerprint density at radius 2 is 2.32 bits per heavy atom. The first kappa shape index (κ1) is 13.9. The third-order valence-corrected chi connectivity index (χ3v) is 3.48. The van der Waals surface area contributed by atoms with Gasteiger partial charge in [0, 0.05) is 0 Å². The number of benzene rings is 1. The lowest BCUT2D eigenvalue weighted by Gasteiger charge is -2.10. The molecular formula is C13H18N4OS. The number of hydrogen-bond donors (Lipinski definition) is 3. The number of rotatable bonds is 6. The summed E-state index contributed by atoms with van der Waals surface area (Å²) in [5.41, 5.74) is 7.66. The number of carbonyl (C=O) groups is 1. The number of thioether (sulfide) groups is 1. The Morgan fingerprint density at radius 1 is 1.53 bits per heavy atom. The molecule has 1 aromatic heterocycles. The molecule has 19 heavy (non-hydrogen) atoms. The maximum atomic E-state index is 11.8. The van der Waals surface area contributed by atoms with Crippen LogP contribution in [-0.4, -0.2) is 33.9 Å². The van der Waals surface area contributed by atoms with Gasteiger partial charge in [-0.05, 0) is 30.6 Å². The number of para-hydroxylation sites is 2. The SMILES string of the molecule is CSCC[C@H](N)C(=O)NCc1nc2ccccc2[nH]1. The van der Waals surface area contributed by atoms with Crippen molar-refractivity contribution in [2.45, 2.75) is 19.0 Å². The van der Waals surface area contributed by atoms with Gasteiger partial charge in [0.1, 0.15) is 5.82 Å². The number of nitrogens with zero attached hydrogens (tertiary/aromatic N) is 1. The highest BCUT2D eigenvalue weighted by atomic mass is 32.2. The average Bonchev–Trinajstić information content (AvgIpc) is 2.84. The lowest BCUT2D eigenvalue weighted by atomic mass is 10.2. The molecule has 2 aromatic rings. The Hall–Kier alpha value is -1.53. The van der Waals surface area contributed by atoms with Gasteiger partial charge in [0.25, 0.3) is 0 Å². The zero-order valence-electron chi connectivity index (χ0n) is 10.8. The fourth-order valence-electron chi connectivity index (χ4n) is 1.77. The van der Waals surface area contributed by atoms with Crippen LogP contribution in [-0.2, 0) is 11.3 Å². The van der Waals surface area contributed by atoms with Crippen LogP contribution in [0.25, 0.3) is 11.0 Å². The third kappa shape index (κ3) is 3.71. The maximum absolute atomic E-state index is 11.8. The lowest BCUT2D eigenvalue weighted by Crippen LogP contribution is -2.40. The highest BCUT2D eigenvalue weighted by molar-refractivity contribution is 7.98. The van der Waals surface area contributed by atoms with Crippen molar-refractivity contribution >= 4 is 28.7 Å². The molecule has 1 amide bonds. The van der Waals surface area contributed by atoms with Gasteiger partial charge >= 0.3 is 0 Å². The average molecular weight is 278 g/mol. The van der Waals surface area contributed by atoms with E-state index in [9.17, 15) is 4.79 Å². The first-order valence-corrected chi connectivity index (χ1v) is 7.56. The summed E-state index contributed by atoms with van der Waals surface area (Å²) in [5.74, 6) is 1.50. The Balaban J connectivity index is 1.89. The molecule has 5 nitrogen and oxygen atoms in total. The van der Waals surface area contributed by atoms with Crippen molar-refractivity contribution in [1.29, 1.82) is 0 Å². The molecule has 1 heterocycles. The minimum Gasteiger partial charge on any atom is -0.348 e. The number of nitrogens with two attached hydrogens (primary N) is 1. The highest BCUT2D eigenvalue weighted by Gasteiger charge is 2.13. The predicted molar refractivity (Wildman–Crippen MR) is 78.9 cm³/mol. The summed E-state index contributed by atoms with van der Waals surface area (Å²) in [5, 5.41) is 2.80. The van der Waals surface area contributed by atoms with Crippen molar-refractivity contribution < 1.29 is 4.79 Å². The van der Waals surface area contributed by atoms with Crippen LogP contribution in [0.5, 0.6) is 0 Å². The first-order valence-electron chi connectivity index (χ1n) is 6.16. The van der Waals surface area contributed by atoms with E-state index in [1.54, 1.807) is 11.8 Å². The number of amides is 1. The van der Waals surface area contributed by atoms with Gasteiger partial charge in [-0.3, -0.25) is 4.79 Å². The van der Waals surface area contributed by atoms with Crippen LogP contribution in [0.3, 0.4) is 0 Å². The summed E-state index contributed by atoms with van der Waals surface area (Å²) in [4.78, 5) is 19.3. The number of H-pyrrole nitrogens is 1. The Morgan fingerprint density at radius 3 is 3.05 bits per heavy atom. The van der Waals surface area contributed by atoms with E-state index in [1.165, 1.54) is 0 Å². The van der Waals surface area contributed by atoms with Crippen molar-refractivity contribution in [2.24, 2.45) is 5.73 Å². The van der Waals surface area contributed by atoms with Crippen LogP contribution >= 0.6 is 11.8 Å². The Bertz CT molecular complexity index is 521. The molecule has 0 bridgehead atoms. The monoisotopic (exact) mass is 278 g/mol. The summed E-state index contributed by atoms with van der Waals surface area (Å²) >= 11 is 1.69. The fraction of sp³-hybridized carbons (Fsp3) is 0.385. The van der Waals surface area contributed by atoms with E-state index in [2.05, 4.69) is 15.3 Å². The van der Waals surface area contributed by atoms with Crippen LogP contribution in [0.2, 0.25) is 0 Å². The summed E-state index contributed by atoms with van der Waals surface area (Å²) in [6.07, 6.45) is 2.69. The number of imidazole rings is 1. The van der Waals surface area contributed by atoms with Crippen LogP contribution in [0, 0.1) is 0 Å². The smallest absolute Gasteiger partial charge is 0.237 e. The molecule has 0 spiro atoms. The van der Waals surface area contributed by atoms with E-state index in [1.807, 2.05) is 30.5 Å². The Labute approximate surface area is 116 Å². The second-order valence-electron chi connectivity index (χ2n) is 4.31. The van der Waals surface area contributed by atoms with E-state index in [4.69, 9.17) is 5.73 Å². The van der Waals surface area contributed by atoms with Crippen molar-refractivity contribution in [1.82, 2.24) is 15.3 Å². The van der Waals surface area contributed by atoms with Gasteiger partial charge in [-0.15, -0.1) is 0 Å². The molecule has 1 aromatic carbocycles. The van der Waals surface area contributed by atoms with Gasteiger partial charge in [-0.1, -0.05) is 12.1 Å². The topological polar surface area (TPSA) is 83.8 Å². The number of hydrogen-bond acceptors (Lipinski definition) is 4. The largest absolute Gasteiger partial charge is 0.348 e. The van der Waals surface area contributed by atoms with Gasteiger partial charge in [0.2, 0.25) is 5.91 Å². The van der Waals surface area contributed by atoms with E-state index < -0.39 is 6.04 Å². The lowest BCUT2D eigenvalue weighted by molar-refractivity contribution is -0.122. The zero-order valence-corrected chi connectivity index (χ0v) is 11.7. The van der Waals surface area contributed by atoms with Gasteiger partial charge in [-0.25, -0.2) is 4.98 Å². The molecule has 0 fully saturated rings. The normalized spacial score (nSPS) is 12.5. The quantitative estimate of drug-likeness (QED) is 0.743. The molecule has 0 saturated carbocycles. The maximum Gasteiger partial charge on any atom is 0.237 e.